The van der Waals surface area contributed by atoms with Crippen LogP contribution in [0, 0.1) is 5.92 Å². The van der Waals surface area contributed by atoms with Gasteiger partial charge in [0.05, 0.1) is 12.0 Å². The fourth-order valence-corrected chi connectivity index (χ4v) is 1.03. The maximum atomic E-state index is 5.92. The number of hydrogen-bond donors (Lipinski definition) is 1. The lowest BCUT2D eigenvalue weighted by Gasteiger charge is -2.15. The second kappa shape index (κ2) is 3.05. The van der Waals surface area contributed by atoms with Crippen molar-refractivity contribution < 1.29 is 0 Å². The molecule has 0 bridgehead atoms. The molecule has 0 fully saturated rings. The molecule has 1 aromatic heterocycles. The molecule has 0 saturated carbocycles. The van der Waals surface area contributed by atoms with E-state index < -0.39 is 0 Å². The van der Waals surface area contributed by atoms with E-state index in [-0.39, 0.29) is 6.04 Å². The Kier molecular flexibility index (Phi) is 2.29. The maximum Gasteiger partial charge on any atom is 0.0946 e. The molecule has 0 aromatic carbocycles. The standard InChI is InChI=1S/C8H15N3/c1-6(2)8(9)7-4-10-5-11(7)3/h4-6,8H,9H2,1-3H3. The van der Waals surface area contributed by atoms with E-state index in [9.17, 15) is 0 Å². The molecule has 0 spiro atoms. The number of nitrogens with two attached hydrogens (primary N) is 1. The summed E-state index contributed by atoms with van der Waals surface area (Å²) in [5, 5.41) is 0. The highest BCUT2D eigenvalue weighted by Gasteiger charge is 2.12. The van der Waals surface area contributed by atoms with Crippen LogP contribution in [0.2, 0.25) is 0 Å². The van der Waals surface area contributed by atoms with E-state index in [2.05, 4.69) is 18.8 Å². The average Bonchev–Trinajstić information content (AvgIpc) is 2.33. The van der Waals surface area contributed by atoms with Gasteiger partial charge in [-0.05, 0) is 5.92 Å². The van der Waals surface area contributed by atoms with Crippen molar-refractivity contribution in [2.45, 2.75) is 19.9 Å². The van der Waals surface area contributed by atoms with Crippen LogP contribution in [-0.4, -0.2) is 9.55 Å². The SMILES string of the molecule is CC(C)C(N)c1cncn1C. The number of rotatable bonds is 2. The summed E-state index contributed by atoms with van der Waals surface area (Å²) in [6.07, 6.45) is 3.60. The Hall–Kier alpha value is -0.830. The Balaban J connectivity index is 2.84. The van der Waals surface area contributed by atoms with Crippen molar-refractivity contribution in [1.82, 2.24) is 9.55 Å². The Morgan fingerprint density at radius 2 is 2.18 bits per heavy atom. The number of imidazole rings is 1. The minimum absolute atomic E-state index is 0.0995. The molecule has 11 heavy (non-hydrogen) atoms. The van der Waals surface area contributed by atoms with Gasteiger partial charge in [0.1, 0.15) is 0 Å². The fourth-order valence-electron chi connectivity index (χ4n) is 1.03. The normalized spacial score (nSPS) is 13.9. The number of hydrogen-bond acceptors (Lipinski definition) is 2. The molecule has 3 heteroatoms. The van der Waals surface area contributed by atoms with E-state index in [1.165, 1.54) is 0 Å². The molecule has 62 valence electrons. The lowest BCUT2D eigenvalue weighted by molar-refractivity contribution is 0.490. The van der Waals surface area contributed by atoms with Gasteiger partial charge in [-0.15, -0.1) is 0 Å². The zero-order valence-electron chi connectivity index (χ0n) is 7.28. The average molecular weight is 153 g/mol. The molecule has 0 radical (unpaired) electrons. The lowest BCUT2D eigenvalue weighted by Crippen LogP contribution is -2.19. The molecule has 0 aliphatic rings. The molecule has 1 heterocycles. The maximum absolute atomic E-state index is 5.92. The Morgan fingerprint density at radius 1 is 1.55 bits per heavy atom. The van der Waals surface area contributed by atoms with Crippen LogP contribution in [0.3, 0.4) is 0 Å². The fraction of sp³-hybridized carbons (Fsp3) is 0.625. The highest BCUT2D eigenvalue weighted by molar-refractivity contribution is 5.04. The molecule has 1 unspecified atom stereocenters. The van der Waals surface area contributed by atoms with E-state index >= 15 is 0 Å². The highest BCUT2D eigenvalue weighted by Crippen LogP contribution is 2.16. The molecular weight excluding hydrogens is 138 g/mol. The molecule has 2 N–H and O–H groups in total. The zero-order chi connectivity index (χ0) is 8.43. The van der Waals surface area contributed by atoms with Crippen molar-refractivity contribution >= 4 is 0 Å². The van der Waals surface area contributed by atoms with E-state index in [1.54, 1.807) is 6.33 Å². The van der Waals surface area contributed by atoms with Gasteiger partial charge in [-0.25, -0.2) is 4.98 Å². The van der Waals surface area contributed by atoms with Crippen molar-refractivity contribution in [2.24, 2.45) is 18.7 Å². The summed E-state index contributed by atoms with van der Waals surface area (Å²) in [5.41, 5.74) is 7.02. The summed E-state index contributed by atoms with van der Waals surface area (Å²) in [5.74, 6) is 0.463. The van der Waals surface area contributed by atoms with Gasteiger partial charge in [0.15, 0.2) is 0 Å². The lowest BCUT2D eigenvalue weighted by atomic mass is 10.0. The van der Waals surface area contributed by atoms with E-state index in [4.69, 9.17) is 5.73 Å². The van der Waals surface area contributed by atoms with E-state index in [0.29, 0.717) is 5.92 Å². The van der Waals surface area contributed by atoms with Crippen LogP contribution >= 0.6 is 0 Å². The van der Waals surface area contributed by atoms with Crippen molar-refractivity contribution in [2.75, 3.05) is 0 Å². The van der Waals surface area contributed by atoms with Gasteiger partial charge in [-0.3, -0.25) is 0 Å². The molecular formula is C8H15N3. The van der Waals surface area contributed by atoms with Gasteiger partial charge in [-0.2, -0.15) is 0 Å². The molecule has 0 amide bonds. The second-order valence-corrected chi connectivity index (χ2v) is 3.20. The second-order valence-electron chi connectivity index (χ2n) is 3.20. The summed E-state index contributed by atoms with van der Waals surface area (Å²) in [7, 11) is 1.96. The summed E-state index contributed by atoms with van der Waals surface area (Å²) in [6.45, 7) is 4.22. The molecule has 1 aromatic rings. The largest absolute Gasteiger partial charge is 0.336 e. The van der Waals surface area contributed by atoms with Gasteiger partial charge < -0.3 is 10.3 Å². The van der Waals surface area contributed by atoms with Crippen LogP contribution in [0.1, 0.15) is 25.6 Å². The monoisotopic (exact) mass is 153 g/mol. The van der Waals surface area contributed by atoms with Crippen LogP contribution in [0.5, 0.6) is 0 Å². The highest BCUT2D eigenvalue weighted by atomic mass is 15.0. The van der Waals surface area contributed by atoms with Gasteiger partial charge in [-0.1, -0.05) is 13.8 Å². The summed E-state index contributed by atoms with van der Waals surface area (Å²) in [4.78, 5) is 4.01. The first-order valence-electron chi connectivity index (χ1n) is 3.84. The van der Waals surface area contributed by atoms with Crippen LogP contribution in [0.25, 0.3) is 0 Å². The topological polar surface area (TPSA) is 43.8 Å². The molecule has 0 saturated heterocycles. The van der Waals surface area contributed by atoms with Crippen molar-refractivity contribution in [3.8, 4) is 0 Å². The van der Waals surface area contributed by atoms with E-state index in [1.807, 2.05) is 17.8 Å². The molecule has 0 aliphatic heterocycles. The van der Waals surface area contributed by atoms with Gasteiger partial charge in [0.2, 0.25) is 0 Å². The first-order chi connectivity index (χ1) is 5.13. The third-order valence-electron chi connectivity index (χ3n) is 1.91. The predicted molar refractivity (Wildman–Crippen MR) is 45.0 cm³/mol. The number of nitrogens with zero attached hydrogens (tertiary/aromatic N) is 2. The molecule has 1 atom stereocenters. The summed E-state index contributed by atoms with van der Waals surface area (Å²) in [6, 6.07) is 0.0995. The van der Waals surface area contributed by atoms with Gasteiger partial charge >= 0.3 is 0 Å². The van der Waals surface area contributed by atoms with Gasteiger partial charge in [0.25, 0.3) is 0 Å². The summed E-state index contributed by atoms with van der Waals surface area (Å²) < 4.78 is 1.96. The van der Waals surface area contributed by atoms with Crippen molar-refractivity contribution in [3.05, 3.63) is 18.2 Å². The van der Waals surface area contributed by atoms with Crippen LogP contribution in [-0.2, 0) is 7.05 Å². The van der Waals surface area contributed by atoms with Crippen LogP contribution < -0.4 is 5.73 Å². The molecule has 3 nitrogen and oxygen atoms in total. The third-order valence-corrected chi connectivity index (χ3v) is 1.91. The minimum atomic E-state index is 0.0995. The first-order valence-corrected chi connectivity index (χ1v) is 3.84. The Morgan fingerprint density at radius 3 is 2.55 bits per heavy atom. The first kappa shape index (κ1) is 8.27. The van der Waals surface area contributed by atoms with Crippen molar-refractivity contribution in [1.29, 1.82) is 0 Å². The quantitative estimate of drug-likeness (QED) is 0.690. The smallest absolute Gasteiger partial charge is 0.0946 e. The Bertz CT molecular complexity index is 227. The van der Waals surface area contributed by atoms with Gasteiger partial charge in [0, 0.05) is 19.3 Å². The summed E-state index contributed by atoms with van der Waals surface area (Å²) >= 11 is 0. The Labute approximate surface area is 67.2 Å². The van der Waals surface area contributed by atoms with E-state index in [0.717, 1.165) is 5.69 Å². The predicted octanol–water partition coefficient (Wildman–Crippen LogP) is 1.08. The molecule has 0 aliphatic carbocycles. The number of aryl methyl sites for hydroxylation is 1. The molecule has 1 rings (SSSR count). The minimum Gasteiger partial charge on any atom is -0.336 e. The third kappa shape index (κ3) is 1.60. The zero-order valence-corrected chi connectivity index (χ0v) is 7.28. The van der Waals surface area contributed by atoms with Crippen LogP contribution in [0.4, 0.5) is 0 Å². The number of aromatic nitrogens is 2. The van der Waals surface area contributed by atoms with Crippen LogP contribution in [0.15, 0.2) is 12.5 Å². The van der Waals surface area contributed by atoms with Crippen molar-refractivity contribution in [3.63, 3.8) is 0 Å².